The Hall–Kier alpha value is -0.240. The first-order valence-corrected chi connectivity index (χ1v) is 6.62. The van der Waals surface area contributed by atoms with Gasteiger partial charge in [-0.05, 0) is 47.0 Å². The molecule has 2 heteroatoms. The van der Waals surface area contributed by atoms with Crippen molar-refractivity contribution in [2.45, 2.75) is 63.4 Å². The first-order valence-electron chi connectivity index (χ1n) is 5.74. The van der Waals surface area contributed by atoms with Gasteiger partial charge in [0.25, 0.3) is 0 Å². The second-order valence-electron chi connectivity index (χ2n) is 5.04. The second-order valence-corrected chi connectivity index (χ2v) is 6.90. The summed E-state index contributed by atoms with van der Waals surface area (Å²) in [4.78, 5) is 10.8. The lowest BCUT2D eigenvalue weighted by Crippen LogP contribution is -2.02. The van der Waals surface area contributed by atoms with Crippen molar-refractivity contribution in [3.63, 3.8) is 0 Å². The fraction of sp³-hybridized carbons (Fsp3) is 0.769. The van der Waals surface area contributed by atoms with E-state index in [0.717, 1.165) is 11.7 Å². The first-order chi connectivity index (χ1) is 6.92. The molecule has 0 aromatic carbocycles. The summed E-state index contributed by atoms with van der Waals surface area (Å²) < 4.78 is 0.527. The number of carbonyl (C=O) groups excluding carboxylic acids is 1. The Kier molecular flexibility index (Phi) is 4.45. The summed E-state index contributed by atoms with van der Waals surface area (Å²) in [7, 11) is 0. The van der Waals surface area contributed by atoms with Gasteiger partial charge in [0, 0.05) is 16.4 Å². The van der Waals surface area contributed by atoms with E-state index in [1.807, 2.05) is 0 Å². The number of thioether (sulfide) groups is 1. The predicted octanol–water partition coefficient (Wildman–Crippen LogP) is 3.98. The minimum Gasteiger partial charge on any atom is -0.300 e. The molecule has 0 amide bonds. The molecule has 0 bridgehead atoms. The molecule has 1 aliphatic rings. The van der Waals surface area contributed by atoms with Gasteiger partial charge in [-0.15, -0.1) is 11.8 Å². The Bertz CT molecular complexity index is 266. The second kappa shape index (κ2) is 5.20. The normalized spacial score (nSPS) is 24.0. The van der Waals surface area contributed by atoms with Gasteiger partial charge < -0.3 is 4.79 Å². The molecule has 1 rings (SSSR count). The third-order valence-corrected chi connectivity index (χ3v) is 4.70. The number of ketones is 1. The van der Waals surface area contributed by atoms with E-state index in [1.165, 1.54) is 18.4 Å². The lowest BCUT2D eigenvalue weighted by atomic mass is 10.0. The summed E-state index contributed by atoms with van der Waals surface area (Å²) >= 11 is 2.08. The largest absolute Gasteiger partial charge is 0.300 e. The van der Waals surface area contributed by atoms with Crippen LogP contribution in [0.3, 0.4) is 0 Å². The summed E-state index contributed by atoms with van der Waals surface area (Å²) in [5.74, 6) is 0.290. The molecule has 86 valence electrons. The molecule has 1 aliphatic heterocycles. The quantitative estimate of drug-likeness (QED) is 0.503. The van der Waals surface area contributed by atoms with Gasteiger partial charge >= 0.3 is 0 Å². The molecule has 15 heavy (non-hydrogen) atoms. The fourth-order valence-electron chi connectivity index (χ4n) is 1.72. The predicted molar refractivity (Wildman–Crippen MR) is 68.4 cm³/mol. The Morgan fingerprint density at radius 3 is 2.40 bits per heavy atom. The van der Waals surface area contributed by atoms with Crippen molar-refractivity contribution in [2.75, 3.05) is 0 Å². The van der Waals surface area contributed by atoms with Crippen molar-refractivity contribution in [1.82, 2.24) is 0 Å². The lowest BCUT2D eigenvalue weighted by Gasteiger charge is -2.02. The number of hydrogen-bond donors (Lipinski definition) is 0. The van der Waals surface area contributed by atoms with Crippen molar-refractivity contribution < 1.29 is 4.79 Å². The minimum atomic E-state index is 0.290. The monoisotopic (exact) mass is 226 g/mol. The van der Waals surface area contributed by atoms with Crippen LogP contribution in [0.1, 0.15) is 53.4 Å². The standard InChI is InChI=1S/C13H22OS/c1-10(6-5-7-11(2)14)8-9-12-13(3,4)15-12/h6,12H,5,7-9H2,1-4H3. The molecule has 0 N–H and O–H groups in total. The van der Waals surface area contributed by atoms with Gasteiger partial charge in [0.1, 0.15) is 5.78 Å². The van der Waals surface area contributed by atoms with Crippen molar-refractivity contribution in [1.29, 1.82) is 0 Å². The smallest absolute Gasteiger partial charge is 0.130 e. The van der Waals surface area contributed by atoms with Crippen molar-refractivity contribution >= 4 is 17.5 Å². The SMILES string of the molecule is CC(=O)CCC=C(C)CCC1SC1(C)C. The van der Waals surface area contributed by atoms with Gasteiger partial charge in [-0.25, -0.2) is 0 Å². The van der Waals surface area contributed by atoms with Gasteiger partial charge in [-0.1, -0.05) is 11.6 Å². The Morgan fingerprint density at radius 1 is 1.33 bits per heavy atom. The average Bonchev–Trinajstić information content (AvgIpc) is 2.70. The molecule has 1 unspecified atom stereocenters. The highest BCUT2D eigenvalue weighted by atomic mass is 32.2. The van der Waals surface area contributed by atoms with Crippen LogP contribution in [0.5, 0.6) is 0 Å². The zero-order valence-electron chi connectivity index (χ0n) is 10.3. The molecule has 1 atom stereocenters. The molecule has 0 aliphatic carbocycles. The van der Waals surface area contributed by atoms with E-state index in [4.69, 9.17) is 0 Å². The van der Waals surface area contributed by atoms with E-state index in [-0.39, 0.29) is 5.78 Å². The Balaban J connectivity index is 2.13. The van der Waals surface area contributed by atoms with Gasteiger partial charge in [0.05, 0.1) is 0 Å². The maximum absolute atomic E-state index is 10.8. The number of carbonyl (C=O) groups is 1. The molecule has 0 aromatic heterocycles. The zero-order valence-corrected chi connectivity index (χ0v) is 11.1. The molecule has 1 saturated heterocycles. The summed E-state index contributed by atoms with van der Waals surface area (Å²) in [6.07, 6.45) is 6.32. The van der Waals surface area contributed by atoms with Crippen LogP contribution in [0.2, 0.25) is 0 Å². The van der Waals surface area contributed by atoms with Crippen molar-refractivity contribution in [3.05, 3.63) is 11.6 Å². The van der Waals surface area contributed by atoms with E-state index in [2.05, 4.69) is 38.6 Å². The number of rotatable bonds is 6. The molecule has 1 heterocycles. The Labute approximate surface area is 97.7 Å². The van der Waals surface area contributed by atoms with Crippen LogP contribution in [-0.4, -0.2) is 15.8 Å². The molecule has 0 aromatic rings. The topological polar surface area (TPSA) is 17.1 Å². The van der Waals surface area contributed by atoms with Crippen LogP contribution in [0.15, 0.2) is 11.6 Å². The van der Waals surface area contributed by atoms with E-state index < -0.39 is 0 Å². The van der Waals surface area contributed by atoms with Gasteiger partial charge in [-0.3, -0.25) is 0 Å². The van der Waals surface area contributed by atoms with Crippen LogP contribution in [0, 0.1) is 0 Å². The third kappa shape index (κ3) is 4.87. The zero-order chi connectivity index (χ0) is 11.5. The lowest BCUT2D eigenvalue weighted by molar-refractivity contribution is -0.116. The van der Waals surface area contributed by atoms with Gasteiger partial charge in [0.2, 0.25) is 0 Å². The molecular formula is C13H22OS. The number of Topliss-reactive ketones (excluding diaryl/α,β-unsaturated/α-hetero) is 1. The highest BCUT2D eigenvalue weighted by Crippen LogP contribution is 2.55. The number of hydrogen-bond acceptors (Lipinski definition) is 2. The summed E-state index contributed by atoms with van der Waals surface area (Å²) in [5.41, 5.74) is 1.44. The first kappa shape index (κ1) is 12.8. The Morgan fingerprint density at radius 2 is 1.93 bits per heavy atom. The third-order valence-electron chi connectivity index (χ3n) is 2.95. The highest BCUT2D eigenvalue weighted by Gasteiger charge is 2.45. The van der Waals surface area contributed by atoms with E-state index >= 15 is 0 Å². The van der Waals surface area contributed by atoms with E-state index in [9.17, 15) is 4.79 Å². The molecule has 1 fully saturated rings. The molecule has 0 saturated carbocycles. The van der Waals surface area contributed by atoms with E-state index in [1.54, 1.807) is 6.92 Å². The van der Waals surface area contributed by atoms with Crippen LogP contribution in [0.25, 0.3) is 0 Å². The molecule has 0 radical (unpaired) electrons. The summed E-state index contributed by atoms with van der Waals surface area (Å²) in [6, 6.07) is 0. The number of allylic oxidation sites excluding steroid dienone is 2. The summed E-state index contributed by atoms with van der Waals surface area (Å²) in [5, 5.41) is 0.855. The average molecular weight is 226 g/mol. The summed E-state index contributed by atoms with van der Waals surface area (Å²) in [6.45, 7) is 8.47. The molecule has 1 nitrogen and oxygen atoms in total. The maximum Gasteiger partial charge on any atom is 0.130 e. The van der Waals surface area contributed by atoms with Gasteiger partial charge in [0.15, 0.2) is 0 Å². The van der Waals surface area contributed by atoms with Crippen LogP contribution < -0.4 is 0 Å². The molecular weight excluding hydrogens is 204 g/mol. The fourth-order valence-corrected chi connectivity index (χ4v) is 2.74. The van der Waals surface area contributed by atoms with Crippen LogP contribution >= 0.6 is 11.8 Å². The molecule has 0 spiro atoms. The maximum atomic E-state index is 10.8. The van der Waals surface area contributed by atoms with Crippen molar-refractivity contribution in [2.24, 2.45) is 0 Å². The minimum absolute atomic E-state index is 0.290. The van der Waals surface area contributed by atoms with E-state index in [0.29, 0.717) is 11.2 Å². The highest BCUT2D eigenvalue weighted by molar-refractivity contribution is 8.08. The van der Waals surface area contributed by atoms with Crippen molar-refractivity contribution in [3.8, 4) is 0 Å². The van der Waals surface area contributed by atoms with Gasteiger partial charge in [-0.2, -0.15) is 0 Å². The van der Waals surface area contributed by atoms with Crippen LogP contribution in [-0.2, 0) is 4.79 Å². The van der Waals surface area contributed by atoms with Crippen LogP contribution in [0.4, 0.5) is 0 Å².